The molecule has 2 saturated heterocycles. The Balaban J connectivity index is 1.39. The molecule has 27 heavy (non-hydrogen) atoms. The fraction of sp³-hybridized carbons (Fsp3) is 0.571. The summed E-state index contributed by atoms with van der Waals surface area (Å²) in [5.74, 6) is 0.261. The van der Waals surface area contributed by atoms with Gasteiger partial charge in [-0.1, -0.05) is 18.2 Å². The second kappa shape index (κ2) is 8.27. The van der Waals surface area contributed by atoms with Crippen molar-refractivity contribution in [2.75, 3.05) is 45.9 Å². The lowest BCUT2D eigenvalue weighted by Crippen LogP contribution is -2.60. The molecule has 1 aromatic carbocycles. The predicted molar refractivity (Wildman–Crippen MR) is 110 cm³/mol. The number of nitrogens with zero attached hydrogens (tertiary/aromatic N) is 3. The molecule has 0 unspecified atom stereocenters. The number of fused-ring (bicyclic) bond motifs is 1. The SMILES string of the molecule is C[C@@H]1[C@@H](C)N(C(=O)CN2CCOCC2)CCN1Cc1csc2ccccc12. The third-order valence-electron chi connectivity index (χ3n) is 6.11. The number of morpholine rings is 1. The molecular formula is C21H29N3O2S. The number of thiophene rings is 1. The molecule has 0 aliphatic carbocycles. The van der Waals surface area contributed by atoms with E-state index in [1.54, 1.807) is 0 Å². The molecule has 2 aliphatic heterocycles. The summed E-state index contributed by atoms with van der Waals surface area (Å²) in [7, 11) is 0. The minimum Gasteiger partial charge on any atom is -0.379 e. The van der Waals surface area contributed by atoms with Gasteiger partial charge in [0.2, 0.25) is 5.91 Å². The Labute approximate surface area is 165 Å². The van der Waals surface area contributed by atoms with E-state index in [-0.39, 0.29) is 11.9 Å². The van der Waals surface area contributed by atoms with Crippen molar-refractivity contribution in [1.29, 1.82) is 0 Å². The van der Waals surface area contributed by atoms with E-state index in [0.29, 0.717) is 12.6 Å². The monoisotopic (exact) mass is 387 g/mol. The van der Waals surface area contributed by atoms with E-state index in [2.05, 4.69) is 58.2 Å². The molecule has 2 fully saturated rings. The maximum Gasteiger partial charge on any atom is 0.237 e. The third-order valence-corrected chi connectivity index (χ3v) is 7.12. The lowest BCUT2D eigenvalue weighted by Gasteiger charge is -2.45. The summed E-state index contributed by atoms with van der Waals surface area (Å²) in [6.07, 6.45) is 0. The van der Waals surface area contributed by atoms with E-state index in [1.165, 1.54) is 15.6 Å². The zero-order chi connectivity index (χ0) is 18.8. The number of benzene rings is 1. The molecule has 0 saturated carbocycles. The molecule has 6 heteroatoms. The van der Waals surface area contributed by atoms with E-state index in [1.807, 2.05) is 11.3 Å². The third kappa shape index (κ3) is 4.04. The highest BCUT2D eigenvalue weighted by Crippen LogP contribution is 2.28. The molecule has 0 spiro atoms. The Bertz CT molecular complexity index is 787. The highest BCUT2D eigenvalue weighted by molar-refractivity contribution is 7.17. The van der Waals surface area contributed by atoms with Crippen LogP contribution in [0.3, 0.4) is 0 Å². The number of hydrogen-bond acceptors (Lipinski definition) is 5. The Kier molecular flexibility index (Phi) is 5.78. The molecular weight excluding hydrogens is 358 g/mol. The topological polar surface area (TPSA) is 36.0 Å². The molecule has 146 valence electrons. The number of ether oxygens (including phenoxy) is 1. The quantitative estimate of drug-likeness (QED) is 0.808. The number of amides is 1. The fourth-order valence-electron chi connectivity index (χ4n) is 4.20. The van der Waals surface area contributed by atoms with Gasteiger partial charge in [0.05, 0.1) is 19.8 Å². The van der Waals surface area contributed by atoms with Crippen LogP contribution in [0, 0.1) is 0 Å². The zero-order valence-electron chi connectivity index (χ0n) is 16.3. The Morgan fingerprint density at radius 2 is 1.89 bits per heavy atom. The average Bonchev–Trinajstić information content (AvgIpc) is 3.09. The first kappa shape index (κ1) is 18.9. The van der Waals surface area contributed by atoms with Gasteiger partial charge in [-0.05, 0) is 36.2 Å². The molecule has 1 amide bonds. The standard InChI is InChI=1S/C21H29N3O2S/c1-16-17(2)24(21(25)14-22-9-11-26-12-10-22)8-7-23(16)13-18-15-27-20-6-4-3-5-19(18)20/h3-6,15-17H,7-14H2,1-2H3/t16-,17-/m1/s1. The van der Waals surface area contributed by atoms with Crippen LogP contribution in [0.4, 0.5) is 0 Å². The second-order valence-corrected chi connectivity index (χ2v) is 8.60. The zero-order valence-corrected chi connectivity index (χ0v) is 17.1. The summed E-state index contributed by atoms with van der Waals surface area (Å²) in [6.45, 7) is 10.9. The Hall–Kier alpha value is -1.47. The van der Waals surface area contributed by atoms with Crippen LogP contribution in [0.25, 0.3) is 10.1 Å². The van der Waals surface area contributed by atoms with Gasteiger partial charge >= 0.3 is 0 Å². The second-order valence-electron chi connectivity index (χ2n) is 7.68. The molecule has 1 aromatic heterocycles. The van der Waals surface area contributed by atoms with Crippen LogP contribution in [0.1, 0.15) is 19.4 Å². The van der Waals surface area contributed by atoms with Gasteiger partial charge in [0, 0.05) is 49.5 Å². The van der Waals surface area contributed by atoms with E-state index >= 15 is 0 Å². The highest BCUT2D eigenvalue weighted by atomic mass is 32.1. The van der Waals surface area contributed by atoms with Crippen LogP contribution in [-0.4, -0.2) is 78.6 Å². The first-order valence-electron chi connectivity index (χ1n) is 9.92. The Morgan fingerprint density at radius 1 is 1.11 bits per heavy atom. The van der Waals surface area contributed by atoms with Crippen LogP contribution >= 0.6 is 11.3 Å². The van der Waals surface area contributed by atoms with Crippen molar-refractivity contribution in [2.45, 2.75) is 32.5 Å². The largest absolute Gasteiger partial charge is 0.379 e. The van der Waals surface area contributed by atoms with Crippen molar-refractivity contribution in [3.05, 3.63) is 35.2 Å². The minimum absolute atomic E-state index is 0.234. The van der Waals surface area contributed by atoms with Crippen LogP contribution in [0.15, 0.2) is 29.6 Å². The number of rotatable bonds is 4. The number of carbonyl (C=O) groups excluding carboxylic acids is 1. The van der Waals surface area contributed by atoms with Crippen molar-refractivity contribution >= 4 is 27.3 Å². The van der Waals surface area contributed by atoms with Crippen molar-refractivity contribution in [3.8, 4) is 0 Å². The van der Waals surface area contributed by atoms with E-state index in [4.69, 9.17) is 4.74 Å². The van der Waals surface area contributed by atoms with Crippen molar-refractivity contribution in [2.24, 2.45) is 0 Å². The molecule has 2 aromatic rings. The summed E-state index contributed by atoms with van der Waals surface area (Å²) in [5, 5.41) is 3.66. The van der Waals surface area contributed by atoms with E-state index < -0.39 is 0 Å². The van der Waals surface area contributed by atoms with Gasteiger partial charge in [0.15, 0.2) is 0 Å². The summed E-state index contributed by atoms with van der Waals surface area (Å²) < 4.78 is 6.74. The number of hydrogen-bond donors (Lipinski definition) is 0. The van der Waals surface area contributed by atoms with Gasteiger partial charge in [-0.15, -0.1) is 11.3 Å². The lowest BCUT2D eigenvalue weighted by molar-refractivity contribution is -0.139. The van der Waals surface area contributed by atoms with E-state index in [9.17, 15) is 4.79 Å². The van der Waals surface area contributed by atoms with Crippen LogP contribution in [0.2, 0.25) is 0 Å². The molecule has 0 N–H and O–H groups in total. The summed E-state index contributed by atoms with van der Waals surface area (Å²) in [6, 6.07) is 9.22. The first-order valence-corrected chi connectivity index (χ1v) is 10.8. The molecule has 5 nitrogen and oxygen atoms in total. The van der Waals surface area contributed by atoms with Crippen molar-refractivity contribution in [3.63, 3.8) is 0 Å². The van der Waals surface area contributed by atoms with Gasteiger partial charge in [0.1, 0.15) is 0 Å². The lowest BCUT2D eigenvalue weighted by atomic mass is 10.0. The van der Waals surface area contributed by atoms with Gasteiger partial charge in [0.25, 0.3) is 0 Å². The van der Waals surface area contributed by atoms with Gasteiger partial charge in [-0.2, -0.15) is 0 Å². The highest BCUT2D eigenvalue weighted by Gasteiger charge is 2.34. The minimum atomic E-state index is 0.234. The molecule has 2 atom stereocenters. The Morgan fingerprint density at radius 3 is 2.70 bits per heavy atom. The molecule has 2 aliphatic rings. The molecule has 0 bridgehead atoms. The van der Waals surface area contributed by atoms with Gasteiger partial charge in [-0.3, -0.25) is 14.6 Å². The number of piperazine rings is 1. The normalized spacial score (nSPS) is 25.2. The molecule has 4 rings (SSSR count). The maximum atomic E-state index is 12.8. The average molecular weight is 388 g/mol. The van der Waals surface area contributed by atoms with E-state index in [0.717, 1.165) is 45.9 Å². The number of carbonyl (C=O) groups is 1. The summed E-state index contributed by atoms with van der Waals surface area (Å²) in [4.78, 5) is 19.7. The molecule has 3 heterocycles. The fourth-order valence-corrected chi connectivity index (χ4v) is 5.15. The van der Waals surface area contributed by atoms with Gasteiger partial charge in [-0.25, -0.2) is 0 Å². The predicted octanol–water partition coefficient (Wildman–Crippen LogP) is 2.65. The smallest absolute Gasteiger partial charge is 0.237 e. The van der Waals surface area contributed by atoms with Crippen molar-refractivity contribution < 1.29 is 9.53 Å². The summed E-state index contributed by atoms with van der Waals surface area (Å²) in [5.41, 5.74) is 1.41. The van der Waals surface area contributed by atoms with Crippen LogP contribution in [-0.2, 0) is 16.1 Å². The first-order chi connectivity index (χ1) is 13.1. The summed E-state index contributed by atoms with van der Waals surface area (Å²) >= 11 is 1.82. The van der Waals surface area contributed by atoms with Crippen molar-refractivity contribution in [1.82, 2.24) is 14.7 Å². The van der Waals surface area contributed by atoms with Crippen LogP contribution in [0.5, 0.6) is 0 Å². The maximum absolute atomic E-state index is 12.8. The van der Waals surface area contributed by atoms with Crippen LogP contribution < -0.4 is 0 Å². The molecule has 0 radical (unpaired) electrons. The van der Waals surface area contributed by atoms with Gasteiger partial charge < -0.3 is 9.64 Å².